The summed E-state index contributed by atoms with van der Waals surface area (Å²) in [6.07, 6.45) is 0.859. The molecule has 0 spiro atoms. The zero-order valence-electron chi connectivity index (χ0n) is 15.0. The predicted octanol–water partition coefficient (Wildman–Crippen LogP) is 3.74. The zero-order chi connectivity index (χ0) is 17.4. The molecule has 0 saturated carbocycles. The van der Waals surface area contributed by atoms with Crippen molar-refractivity contribution in [1.29, 1.82) is 0 Å². The Bertz CT molecular complexity index is 635. The first-order valence-corrected chi connectivity index (χ1v) is 8.78. The minimum atomic E-state index is -0.224. The average Bonchev–Trinajstić information content (AvgIpc) is 2.61. The predicted molar refractivity (Wildman–Crippen MR) is 100.0 cm³/mol. The second-order valence-corrected chi connectivity index (χ2v) is 6.00. The van der Waals surface area contributed by atoms with Gasteiger partial charge in [-0.05, 0) is 43.1 Å². The minimum Gasteiger partial charge on any atom is -0.354 e. The number of rotatable bonds is 8. The summed E-state index contributed by atoms with van der Waals surface area (Å²) in [6.45, 7) is 8.66. The maximum Gasteiger partial charge on any atom is 0.241 e. The molecule has 1 atom stereocenters. The first kappa shape index (κ1) is 18.2. The molecule has 3 nitrogen and oxygen atoms in total. The van der Waals surface area contributed by atoms with Crippen LogP contribution < -0.4 is 5.32 Å². The molecule has 0 saturated heterocycles. The Hall–Kier alpha value is -2.13. The van der Waals surface area contributed by atoms with Gasteiger partial charge >= 0.3 is 0 Å². The molecular weight excluding hydrogens is 296 g/mol. The summed E-state index contributed by atoms with van der Waals surface area (Å²) in [5, 5.41) is 3.13. The topological polar surface area (TPSA) is 32.3 Å². The molecule has 0 heterocycles. The summed E-state index contributed by atoms with van der Waals surface area (Å²) >= 11 is 0. The number of hydrogen-bond acceptors (Lipinski definition) is 2. The van der Waals surface area contributed by atoms with E-state index in [4.69, 9.17) is 0 Å². The Labute approximate surface area is 145 Å². The minimum absolute atomic E-state index is 0.0819. The summed E-state index contributed by atoms with van der Waals surface area (Å²) in [5.41, 5.74) is 3.61. The molecule has 3 heteroatoms. The van der Waals surface area contributed by atoms with Crippen LogP contribution in [0.3, 0.4) is 0 Å². The number of carbonyl (C=O) groups is 1. The molecule has 2 aromatic rings. The fourth-order valence-electron chi connectivity index (χ4n) is 3.06. The van der Waals surface area contributed by atoms with Gasteiger partial charge in [0.2, 0.25) is 5.91 Å². The third-order valence-corrected chi connectivity index (χ3v) is 4.50. The molecular formula is C21H28N2O. The van der Waals surface area contributed by atoms with Gasteiger partial charge in [-0.15, -0.1) is 0 Å². The second-order valence-electron chi connectivity index (χ2n) is 6.00. The number of hydrogen-bond donors (Lipinski definition) is 1. The van der Waals surface area contributed by atoms with Crippen LogP contribution in [0.25, 0.3) is 0 Å². The van der Waals surface area contributed by atoms with Crippen LogP contribution in [0.2, 0.25) is 0 Å². The average molecular weight is 324 g/mol. The van der Waals surface area contributed by atoms with E-state index in [2.05, 4.69) is 43.1 Å². The highest BCUT2D eigenvalue weighted by Gasteiger charge is 2.25. The van der Waals surface area contributed by atoms with E-state index in [1.807, 2.05) is 42.5 Å². The molecule has 0 fully saturated rings. The van der Waals surface area contributed by atoms with Gasteiger partial charge in [0.1, 0.15) is 6.04 Å². The smallest absolute Gasteiger partial charge is 0.241 e. The lowest BCUT2D eigenvalue weighted by Crippen LogP contribution is -2.41. The molecule has 0 bridgehead atoms. The largest absolute Gasteiger partial charge is 0.354 e. The number of amides is 1. The summed E-state index contributed by atoms with van der Waals surface area (Å²) in [5.74, 6) is 0.0819. The second kappa shape index (κ2) is 9.24. The van der Waals surface area contributed by atoms with E-state index in [0.717, 1.165) is 25.1 Å². The van der Waals surface area contributed by atoms with E-state index in [9.17, 15) is 4.79 Å². The Balaban J connectivity index is 2.04. The third kappa shape index (κ3) is 4.68. The van der Waals surface area contributed by atoms with E-state index < -0.39 is 0 Å². The van der Waals surface area contributed by atoms with E-state index in [1.165, 1.54) is 11.1 Å². The normalized spacial score (nSPS) is 12.2. The molecule has 0 aliphatic carbocycles. The molecule has 2 aromatic carbocycles. The van der Waals surface area contributed by atoms with E-state index in [-0.39, 0.29) is 11.9 Å². The van der Waals surface area contributed by atoms with Crippen molar-refractivity contribution in [3.05, 3.63) is 71.3 Å². The summed E-state index contributed by atoms with van der Waals surface area (Å²) in [4.78, 5) is 15.0. The molecule has 0 aliphatic rings. The van der Waals surface area contributed by atoms with Crippen LogP contribution in [0.4, 0.5) is 0 Å². The Morgan fingerprint density at radius 2 is 1.62 bits per heavy atom. The van der Waals surface area contributed by atoms with Crippen molar-refractivity contribution in [2.75, 3.05) is 19.6 Å². The van der Waals surface area contributed by atoms with Crippen LogP contribution in [0.1, 0.15) is 36.6 Å². The van der Waals surface area contributed by atoms with Crippen LogP contribution in [0.5, 0.6) is 0 Å². The highest BCUT2D eigenvalue weighted by Crippen LogP contribution is 2.20. The van der Waals surface area contributed by atoms with Gasteiger partial charge < -0.3 is 5.32 Å². The summed E-state index contributed by atoms with van der Waals surface area (Å²) in [6, 6.07) is 18.1. The Kier molecular flexibility index (Phi) is 7.01. The van der Waals surface area contributed by atoms with Crippen molar-refractivity contribution in [2.24, 2.45) is 0 Å². The third-order valence-electron chi connectivity index (χ3n) is 4.50. The van der Waals surface area contributed by atoms with Crippen molar-refractivity contribution in [2.45, 2.75) is 33.2 Å². The maximum atomic E-state index is 12.8. The highest BCUT2D eigenvalue weighted by atomic mass is 16.2. The quantitative estimate of drug-likeness (QED) is 0.802. The number of carbonyl (C=O) groups excluding carboxylic acids is 1. The molecule has 128 valence electrons. The van der Waals surface area contributed by atoms with Gasteiger partial charge in [-0.2, -0.15) is 0 Å². The standard InChI is InChI=1S/C21H28N2O/c1-4-23(5-2)20(19-13-7-6-8-14-19)21(24)22-16-15-18-12-10-9-11-17(18)3/h6-14,20H,4-5,15-16H2,1-3H3,(H,22,24). The SMILES string of the molecule is CCN(CC)C(C(=O)NCCc1ccccc1C)c1ccccc1. The van der Waals surface area contributed by atoms with Crippen molar-refractivity contribution in [3.8, 4) is 0 Å². The fourth-order valence-corrected chi connectivity index (χ4v) is 3.06. The van der Waals surface area contributed by atoms with Gasteiger partial charge in [0, 0.05) is 6.54 Å². The molecule has 1 unspecified atom stereocenters. The number of likely N-dealkylation sites (N-methyl/N-ethyl adjacent to an activating group) is 1. The van der Waals surface area contributed by atoms with Gasteiger partial charge in [0.15, 0.2) is 0 Å². The molecule has 2 rings (SSSR count). The lowest BCUT2D eigenvalue weighted by Gasteiger charge is -2.29. The lowest BCUT2D eigenvalue weighted by molar-refractivity contribution is -0.126. The first-order chi connectivity index (χ1) is 11.7. The molecule has 1 N–H and O–H groups in total. The van der Waals surface area contributed by atoms with E-state index in [0.29, 0.717) is 6.54 Å². The van der Waals surface area contributed by atoms with Crippen molar-refractivity contribution in [1.82, 2.24) is 10.2 Å². The summed E-state index contributed by atoms with van der Waals surface area (Å²) < 4.78 is 0. The van der Waals surface area contributed by atoms with Crippen LogP contribution in [0.15, 0.2) is 54.6 Å². The first-order valence-electron chi connectivity index (χ1n) is 8.78. The van der Waals surface area contributed by atoms with Gasteiger partial charge in [0.25, 0.3) is 0 Å². The Morgan fingerprint density at radius 3 is 2.25 bits per heavy atom. The van der Waals surface area contributed by atoms with Crippen LogP contribution >= 0.6 is 0 Å². The van der Waals surface area contributed by atoms with Crippen LogP contribution in [0, 0.1) is 6.92 Å². The van der Waals surface area contributed by atoms with Crippen molar-refractivity contribution in [3.63, 3.8) is 0 Å². The van der Waals surface area contributed by atoms with Crippen LogP contribution in [-0.4, -0.2) is 30.4 Å². The van der Waals surface area contributed by atoms with Gasteiger partial charge in [0.05, 0.1) is 0 Å². The molecule has 0 aliphatic heterocycles. The van der Waals surface area contributed by atoms with Crippen LogP contribution in [-0.2, 0) is 11.2 Å². The molecule has 0 radical (unpaired) electrons. The molecule has 24 heavy (non-hydrogen) atoms. The number of aryl methyl sites for hydroxylation is 1. The fraction of sp³-hybridized carbons (Fsp3) is 0.381. The van der Waals surface area contributed by atoms with Crippen molar-refractivity contribution >= 4 is 5.91 Å². The Morgan fingerprint density at radius 1 is 1.00 bits per heavy atom. The number of benzene rings is 2. The van der Waals surface area contributed by atoms with E-state index in [1.54, 1.807) is 0 Å². The molecule has 0 aromatic heterocycles. The molecule has 1 amide bonds. The number of nitrogens with zero attached hydrogens (tertiary/aromatic N) is 1. The number of nitrogens with one attached hydrogen (secondary N) is 1. The van der Waals surface area contributed by atoms with Gasteiger partial charge in [-0.1, -0.05) is 68.4 Å². The van der Waals surface area contributed by atoms with Gasteiger partial charge in [-0.25, -0.2) is 0 Å². The van der Waals surface area contributed by atoms with Crippen molar-refractivity contribution < 1.29 is 4.79 Å². The maximum absolute atomic E-state index is 12.8. The van der Waals surface area contributed by atoms with E-state index >= 15 is 0 Å². The lowest BCUT2D eigenvalue weighted by atomic mass is 10.0. The summed E-state index contributed by atoms with van der Waals surface area (Å²) in [7, 11) is 0. The highest BCUT2D eigenvalue weighted by molar-refractivity contribution is 5.83. The monoisotopic (exact) mass is 324 g/mol. The van der Waals surface area contributed by atoms with Gasteiger partial charge in [-0.3, -0.25) is 9.69 Å². The zero-order valence-corrected chi connectivity index (χ0v) is 15.0.